The molecule has 0 radical (unpaired) electrons. The molecule has 0 aliphatic carbocycles. The summed E-state index contributed by atoms with van der Waals surface area (Å²) in [5, 5.41) is 3.30. The summed E-state index contributed by atoms with van der Waals surface area (Å²) in [6.45, 7) is 0.569. The van der Waals surface area contributed by atoms with Crippen molar-refractivity contribution in [1.82, 2.24) is 5.32 Å². The lowest BCUT2D eigenvalue weighted by atomic mass is 10.2. The van der Waals surface area contributed by atoms with E-state index in [-0.39, 0.29) is 11.9 Å². The van der Waals surface area contributed by atoms with Gasteiger partial charge in [-0.2, -0.15) is 0 Å². The van der Waals surface area contributed by atoms with Gasteiger partial charge >= 0.3 is 5.97 Å². The molecule has 0 aliphatic heterocycles. The summed E-state index contributed by atoms with van der Waals surface area (Å²) < 4.78 is 4.56. The number of amides is 1. The first-order valence-electron chi connectivity index (χ1n) is 6.77. The van der Waals surface area contributed by atoms with Gasteiger partial charge in [-0.15, -0.1) is 11.8 Å². The van der Waals surface area contributed by atoms with Crippen LogP contribution in [-0.4, -0.2) is 31.8 Å². The third kappa shape index (κ3) is 6.40. The fourth-order valence-corrected chi connectivity index (χ4v) is 2.42. The molecule has 6 heteroatoms. The average Bonchev–Trinajstić information content (AvgIpc) is 2.50. The number of rotatable bonds is 8. The largest absolute Gasteiger partial charge is 0.469 e. The molecule has 0 heterocycles. The second kappa shape index (κ2) is 9.68. The lowest BCUT2D eigenvalue weighted by Gasteiger charge is -2.08. The molecule has 1 aromatic rings. The van der Waals surface area contributed by atoms with Gasteiger partial charge in [0.15, 0.2) is 0 Å². The van der Waals surface area contributed by atoms with Gasteiger partial charge in [-0.05, 0) is 37.3 Å². The van der Waals surface area contributed by atoms with Crippen LogP contribution >= 0.6 is 23.4 Å². The lowest BCUT2D eigenvalue weighted by Crippen LogP contribution is -2.24. The Morgan fingerprint density at radius 3 is 2.71 bits per heavy atom. The van der Waals surface area contributed by atoms with Crippen molar-refractivity contribution >= 4 is 35.2 Å². The summed E-state index contributed by atoms with van der Waals surface area (Å²) in [5.41, 5.74) is 0.498. The Bertz CT molecular complexity index is 494. The quantitative estimate of drug-likeness (QED) is 0.450. The van der Waals surface area contributed by atoms with Gasteiger partial charge < -0.3 is 10.1 Å². The van der Waals surface area contributed by atoms with E-state index in [1.165, 1.54) is 7.11 Å². The Hall–Kier alpha value is -1.20. The van der Waals surface area contributed by atoms with E-state index < -0.39 is 0 Å². The molecular weight excluding hydrogens is 310 g/mol. The number of ether oxygens (including phenoxy) is 1. The standard InChI is InChI=1S/C15H20ClNO3S/c1-20-14(18)6-4-3-5-9-17-15(19)12-10-11(21-2)7-8-13(12)16/h7-8,10H,3-6,9H2,1-2H3,(H,17,19). The molecule has 0 aliphatic rings. The Kier molecular flexibility index (Phi) is 8.23. The van der Waals surface area contributed by atoms with Crippen molar-refractivity contribution < 1.29 is 14.3 Å². The van der Waals surface area contributed by atoms with Crippen LogP contribution in [-0.2, 0) is 9.53 Å². The van der Waals surface area contributed by atoms with Gasteiger partial charge in [-0.3, -0.25) is 9.59 Å². The van der Waals surface area contributed by atoms with E-state index >= 15 is 0 Å². The van der Waals surface area contributed by atoms with Gasteiger partial charge in [-0.1, -0.05) is 18.0 Å². The van der Waals surface area contributed by atoms with E-state index in [9.17, 15) is 9.59 Å². The third-order valence-corrected chi connectivity index (χ3v) is 4.04. The molecule has 0 saturated heterocycles. The number of nitrogens with one attached hydrogen (secondary N) is 1. The minimum atomic E-state index is -0.195. The van der Waals surface area contributed by atoms with Crippen LogP contribution < -0.4 is 5.32 Å². The highest BCUT2D eigenvalue weighted by Gasteiger charge is 2.10. The van der Waals surface area contributed by atoms with Gasteiger partial charge in [0.25, 0.3) is 5.91 Å². The van der Waals surface area contributed by atoms with Crippen LogP contribution in [0, 0.1) is 0 Å². The molecule has 1 aromatic carbocycles. The molecule has 0 spiro atoms. The van der Waals surface area contributed by atoms with Crippen molar-refractivity contribution in [2.75, 3.05) is 19.9 Å². The first kappa shape index (κ1) is 17.9. The SMILES string of the molecule is COC(=O)CCCCCNC(=O)c1cc(SC)ccc1Cl. The number of halogens is 1. The van der Waals surface area contributed by atoms with Gasteiger partial charge in [-0.25, -0.2) is 0 Å². The second-order valence-corrected chi connectivity index (χ2v) is 5.78. The predicted molar refractivity (Wildman–Crippen MR) is 86.1 cm³/mol. The lowest BCUT2D eigenvalue weighted by molar-refractivity contribution is -0.140. The van der Waals surface area contributed by atoms with Crippen molar-refractivity contribution in [3.8, 4) is 0 Å². The van der Waals surface area contributed by atoms with E-state index in [0.717, 1.165) is 24.2 Å². The number of unbranched alkanes of at least 4 members (excludes halogenated alkanes) is 2. The van der Waals surface area contributed by atoms with Crippen molar-refractivity contribution in [1.29, 1.82) is 0 Å². The van der Waals surface area contributed by atoms with E-state index in [4.69, 9.17) is 11.6 Å². The highest BCUT2D eigenvalue weighted by molar-refractivity contribution is 7.98. The van der Waals surface area contributed by atoms with Crippen LogP contribution in [0.1, 0.15) is 36.0 Å². The van der Waals surface area contributed by atoms with Crippen LogP contribution in [0.15, 0.2) is 23.1 Å². The Morgan fingerprint density at radius 2 is 2.05 bits per heavy atom. The van der Waals surface area contributed by atoms with Crippen LogP contribution in [0.25, 0.3) is 0 Å². The molecule has 0 unspecified atom stereocenters. The summed E-state index contributed by atoms with van der Waals surface area (Å²) in [4.78, 5) is 24.0. The monoisotopic (exact) mass is 329 g/mol. The number of carbonyl (C=O) groups excluding carboxylic acids is 2. The number of carbonyl (C=O) groups is 2. The highest BCUT2D eigenvalue weighted by Crippen LogP contribution is 2.22. The minimum Gasteiger partial charge on any atom is -0.469 e. The van der Waals surface area contributed by atoms with E-state index in [1.807, 2.05) is 12.3 Å². The van der Waals surface area contributed by atoms with Gasteiger partial charge in [0.1, 0.15) is 0 Å². The van der Waals surface area contributed by atoms with Crippen LogP contribution in [0.2, 0.25) is 5.02 Å². The predicted octanol–water partition coefficient (Wildman–Crippen LogP) is 3.53. The smallest absolute Gasteiger partial charge is 0.305 e. The Morgan fingerprint density at radius 1 is 1.29 bits per heavy atom. The first-order chi connectivity index (χ1) is 10.1. The maximum atomic E-state index is 12.0. The second-order valence-electron chi connectivity index (χ2n) is 4.49. The molecule has 21 heavy (non-hydrogen) atoms. The number of hydrogen-bond acceptors (Lipinski definition) is 4. The van der Waals surface area contributed by atoms with Crippen molar-refractivity contribution in [2.45, 2.75) is 30.6 Å². The van der Waals surface area contributed by atoms with E-state index in [1.54, 1.807) is 23.9 Å². The number of hydrogen-bond donors (Lipinski definition) is 1. The molecule has 0 saturated carbocycles. The van der Waals surface area contributed by atoms with Gasteiger partial charge in [0.2, 0.25) is 0 Å². The Balaban J connectivity index is 2.32. The highest BCUT2D eigenvalue weighted by atomic mass is 35.5. The van der Waals surface area contributed by atoms with Crippen molar-refractivity contribution in [2.24, 2.45) is 0 Å². The van der Waals surface area contributed by atoms with E-state index in [0.29, 0.717) is 23.6 Å². The number of esters is 1. The van der Waals surface area contributed by atoms with Crippen molar-refractivity contribution in [3.63, 3.8) is 0 Å². The van der Waals surface area contributed by atoms with Crippen LogP contribution in [0.4, 0.5) is 0 Å². The maximum absolute atomic E-state index is 12.0. The molecule has 116 valence electrons. The third-order valence-electron chi connectivity index (χ3n) is 2.99. The Labute approximate surface area is 134 Å². The molecule has 1 N–H and O–H groups in total. The first-order valence-corrected chi connectivity index (χ1v) is 8.37. The van der Waals surface area contributed by atoms with Gasteiger partial charge in [0, 0.05) is 17.9 Å². The molecule has 0 bridgehead atoms. The zero-order chi connectivity index (χ0) is 15.7. The van der Waals surface area contributed by atoms with E-state index in [2.05, 4.69) is 10.1 Å². The normalized spacial score (nSPS) is 10.2. The van der Waals surface area contributed by atoms with Gasteiger partial charge in [0.05, 0.1) is 17.7 Å². The molecule has 0 atom stereocenters. The summed E-state index contributed by atoms with van der Waals surface area (Å²) in [7, 11) is 1.38. The summed E-state index contributed by atoms with van der Waals surface area (Å²) in [6.07, 6.45) is 4.83. The number of benzene rings is 1. The van der Waals surface area contributed by atoms with Crippen LogP contribution in [0.5, 0.6) is 0 Å². The molecule has 0 fully saturated rings. The van der Waals surface area contributed by atoms with Crippen LogP contribution in [0.3, 0.4) is 0 Å². The summed E-state index contributed by atoms with van der Waals surface area (Å²) in [5.74, 6) is -0.358. The molecule has 0 aromatic heterocycles. The summed E-state index contributed by atoms with van der Waals surface area (Å²) >= 11 is 7.61. The minimum absolute atomic E-state index is 0.163. The van der Waals surface area contributed by atoms with Crippen molar-refractivity contribution in [3.05, 3.63) is 28.8 Å². The average molecular weight is 330 g/mol. The number of methoxy groups -OCH3 is 1. The fourth-order valence-electron chi connectivity index (χ4n) is 1.78. The number of thioether (sulfide) groups is 1. The maximum Gasteiger partial charge on any atom is 0.305 e. The summed E-state index contributed by atoms with van der Waals surface area (Å²) in [6, 6.07) is 5.41. The zero-order valence-corrected chi connectivity index (χ0v) is 13.9. The molecule has 1 rings (SSSR count). The molecule has 1 amide bonds. The molecule has 4 nitrogen and oxygen atoms in total. The topological polar surface area (TPSA) is 55.4 Å². The fraction of sp³-hybridized carbons (Fsp3) is 0.467. The molecular formula is C15H20ClNO3S. The zero-order valence-electron chi connectivity index (χ0n) is 12.3.